The SMILES string of the molecule is CCc1c(CC)c(CC)c(-c2cc(-c3ccc4c(c3)c3cc(-c5cc(-c6c(CC)c(CC)c(CC)c(CC)c6CC)cc(-c6c(CC)c(CC)c(CC)c(CC)c6CC)c5)ccc3n4-c3ccccc3C(F)(F)F)cc(-c3c(CC)c(CC)c(CC)c(CC)c3CC)c2)c(CC)c1CC. The van der Waals surface area contributed by atoms with E-state index in [-0.39, 0.29) is 5.69 Å². The van der Waals surface area contributed by atoms with Crippen LogP contribution in [0.1, 0.15) is 255 Å². The van der Waals surface area contributed by atoms with Crippen molar-refractivity contribution in [3.63, 3.8) is 0 Å². The van der Waals surface area contributed by atoms with E-state index < -0.39 is 11.7 Å². The molecule has 0 N–H and O–H groups in total. The van der Waals surface area contributed by atoms with Gasteiger partial charge >= 0.3 is 6.18 Å². The van der Waals surface area contributed by atoms with Crippen LogP contribution in [0.15, 0.2) is 97.1 Å². The molecule has 0 bridgehead atoms. The molecule has 1 nitrogen and oxygen atoms in total. The average molecular weight is 1330 g/mol. The van der Waals surface area contributed by atoms with Crippen molar-refractivity contribution in [2.24, 2.45) is 0 Å². The molecule has 522 valence electrons. The van der Waals surface area contributed by atoms with Crippen molar-refractivity contribution in [2.75, 3.05) is 0 Å². The summed E-state index contributed by atoms with van der Waals surface area (Å²) in [5.74, 6) is 0. The molecule has 9 aromatic carbocycles. The molecule has 0 saturated heterocycles. The van der Waals surface area contributed by atoms with E-state index in [1.54, 1.807) is 12.1 Å². The van der Waals surface area contributed by atoms with Crippen LogP contribution < -0.4 is 0 Å². The van der Waals surface area contributed by atoms with Crippen molar-refractivity contribution in [3.05, 3.63) is 214 Å². The zero-order valence-corrected chi connectivity index (χ0v) is 64.5. The predicted octanol–water partition coefficient (Wildman–Crippen LogP) is 27.1. The molecule has 4 heteroatoms. The Morgan fingerprint density at radius 3 is 0.636 bits per heavy atom. The Bertz CT molecular complexity index is 4050. The summed E-state index contributed by atoms with van der Waals surface area (Å²) in [5, 5.41) is 1.85. The van der Waals surface area contributed by atoms with Crippen LogP contribution >= 0.6 is 0 Å². The van der Waals surface area contributed by atoms with Crippen LogP contribution in [0.4, 0.5) is 13.2 Å². The third kappa shape index (κ3) is 12.8. The van der Waals surface area contributed by atoms with E-state index in [1.165, 1.54) is 168 Å². The topological polar surface area (TPSA) is 4.93 Å². The van der Waals surface area contributed by atoms with Gasteiger partial charge < -0.3 is 4.57 Å². The van der Waals surface area contributed by atoms with Crippen LogP contribution in [0.3, 0.4) is 0 Å². The fourth-order valence-corrected chi connectivity index (χ4v) is 19.5. The quantitative estimate of drug-likeness (QED) is 0.0484. The number of hydrogen-bond donors (Lipinski definition) is 0. The molecule has 0 radical (unpaired) electrons. The van der Waals surface area contributed by atoms with Crippen LogP contribution in [-0.4, -0.2) is 4.57 Å². The molecule has 0 aliphatic rings. The molecule has 0 spiro atoms. The zero-order chi connectivity index (χ0) is 71.5. The second kappa shape index (κ2) is 31.6. The molecule has 0 aliphatic carbocycles. The Balaban J connectivity index is 1.38. The standard InChI is InChI=1S/C95H116F3N/c1-21-65-69(25-5)77(33-13)91(78(34-14)70(65)26-6)61-49-59(50-62(53-61)92-79(35-15)71(27-7)66(22-2)72(28-8)80(92)36-16)57-45-47-88-85(55-57)86-56-58(46-48-89(86)99(88)90-44-42-41-43-87(90)95(96,97)98)60-51-63(93-81(37-17)73(29-9)67(23-3)74(30-10)82(93)38-18)54-64(52-60)94-83(39-19)75(31-11)68(24-4)76(32-12)84(94)40-20/h41-56H,21-40H2,1-20H3. The summed E-state index contributed by atoms with van der Waals surface area (Å²) >= 11 is 0. The van der Waals surface area contributed by atoms with Gasteiger partial charge in [0.1, 0.15) is 0 Å². The molecule has 0 atom stereocenters. The summed E-state index contributed by atoms with van der Waals surface area (Å²) in [6.07, 6.45) is 14.7. The van der Waals surface area contributed by atoms with Crippen molar-refractivity contribution in [1.82, 2.24) is 4.57 Å². The van der Waals surface area contributed by atoms with E-state index in [9.17, 15) is 0 Å². The van der Waals surface area contributed by atoms with Gasteiger partial charge in [0.2, 0.25) is 0 Å². The van der Waals surface area contributed by atoms with Crippen LogP contribution in [0.2, 0.25) is 0 Å². The van der Waals surface area contributed by atoms with Crippen molar-refractivity contribution in [2.45, 2.75) is 273 Å². The number of aromatic nitrogens is 1. The maximum atomic E-state index is 15.7. The predicted molar refractivity (Wildman–Crippen MR) is 426 cm³/mol. The number of para-hydroxylation sites is 1. The molecule has 10 aromatic rings. The molecule has 0 aliphatic heterocycles. The molecule has 1 heterocycles. The number of rotatable bonds is 27. The lowest BCUT2D eigenvalue weighted by Gasteiger charge is -2.28. The van der Waals surface area contributed by atoms with Crippen LogP contribution in [0.25, 0.3) is 94.3 Å². The van der Waals surface area contributed by atoms with Crippen molar-refractivity contribution in [3.8, 4) is 72.4 Å². The summed E-state index contributed by atoms with van der Waals surface area (Å²) in [4.78, 5) is 0. The second-order valence-corrected chi connectivity index (χ2v) is 27.6. The summed E-state index contributed by atoms with van der Waals surface area (Å²) < 4.78 is 49.0. The van der Waals surface area contributed by atoms with Crippen molar-refractivity contribution >= 4 is 21.8 Å². The van der Waals surface area contributed by atoms with Gasteiger partial charge in [0, 0.05) is 10.8 Å². The van der Waals surface area contributed by atoms with Crippen molar-refractivity contribution in [1.29, 1.82) is 0 Å². The molecule has 0 fully saturated rings. The Kier molecular flexibility index (Phi) is 23.7. The summed E-state index contributed by atoms with van der Waals surface area (Å²) in [5.41, 5.74) is 45.6. The molecule has 0 unspecified atom stereocenters. The highest BCUT2D eigenvalue weighted by atomic mass is 19.4. The molecule has 99 heavy (non-hydrogen) atoms. The lowest BCUT2D eigenvalue weighted by Crippen LogP contribution is -2.11. The maximum Gasteiger partial charge on any atom is 0.418 e. The third-order valence-corrected chi connectivity index (χ3v) is 23.2. The maximum absolute atomic E-state index is 15.7. The van der Waals surface area contributed by atoms with Gasteiger partial charge in [0.05, 0.1) is 22.3 Å². The van der Waals surface area contributed by atoms with Gasteiger partial charge in [-0.2, -0.15) is 13.2 Å². The van der Waals surface area contributed by atoms with Gasteiger partial charge in [0.25, 0.3) is 0 Å². The second-order valence-electron chi connectivity index (χ2n) is 27.6. The first kappa shape index (κ1) is 74.3. The smallest absolute Gasteiger partial charge is 0.309 e. The minimum absolute atomic E-state index is 0.127. The van der Waals surface area contributed by atoms with Crippen LogP contribution in [-0.2, 0) is 135 Å². The molecular weight excluding hydrogens is 1210 g/mol. The largest absolute Gasteiger partial charge is 0.418 e. The molecule has 0 amide bonds. The molecular formula is C95H116F3N. The first-order valence-electron chi connectivity index (χ1n) is 39.2. The Morgan fingerprint density at radius 1 is 0.222 bits per heavy atom. The Morgan fingerprint density at radius 2 is 0.424 bits per heavy atom. The van der Waals surface area contributed by atoms with E-state index in [4.69, 9.17) is 0 Å². The highest BCUT2D eigenvalue weighted by Gasteiger charge is 2.35. The first-order chi connectivity index (χ1) is 47.9. The number of nitrogens with zero attached hydrogens (tertiary/aromatic N) is 1. The summed E-state index contributed by atoms with van der Waals surface area (Å²) in [6, 6.07) is 34.5. The monoisotopic (exact) mass is 1330 g/mol. The number of fused-ring (bicyclic) bond motifs is 3. The number of benzene rings is 9. The minimum atomic E-state index is -4.59. The fourth-order valence-electron chi connectivity index (χ4n) is 19.5. The van der Waals surface area contributed by atoms with E-state index >= 15 is 13.2 Å². The van der Waals surface area contributed by atoms with Crippen LogP contribution in [0.5, 0.6) is 0 Å². The molecule has 1 aromatic heterocycles. The van der Waals surface area contributed by atoms with Gasteiger partial charge in [0.15, 0.2) is 0 Å². The highest BCUT2D eigenvalue weighted by Crippen LogP contribution is 2.49. The Labute approximate surface area is 595 Å². The van der Waals surface area contributed by atoms with Gasteiger partial charge in [-0.25, -0.2) is 0 Å². The zero-order valence-electron chi connectivity index (χ0n) is 64.5. The molecule has 0 saturated carbocycles. The number of alkyl halides is 3. The minimum Gasteiger partial charge on any atom is -0.309 e. The van der Waals surface area contributed by atoms with Gasteiger partial charge in [-0.1, -0.05) is 163 Å². The Hall–Kier alpha value is -7.43. The molecule has 10 rings (SSSR count). The normalized spacial score (nSPS) is 12.0. The first-order valence-corrected chi connectivity index (χ1v) is 39.2. The third-order valence-electron chi connectivity index (χ3n) is 23.2. The fraction of sp³-hybridized carbons (Fsp3) is 0.432. The van der Waals surface area contributed by atoms with E-state index in [0.29, 0.717) is 0 Å². The van der Waals surface area contributed by atoms with Gasteiger partial charge in [-0.05, 0) is 379 Å². The average Bonchev–Trinajstić information content (AvgIpc) is 1.66. The summed E-state index contributed by atoms with van der Waals surface area (Å²) in [6.45, 7) is 46.9. The summed E-state index contributed by atoms with van der Waals surface area (Å²) in [7, 11) is 0. The van der Waals surface area contributed by atoms with E-state index in [0.717, 1.165) is 172 Å². The van der Waals surface area contributed by atoms with E-state index in [1.807, 2.05) is 4.57 Å². The number of hydrogen-bond acceptors (Lipinski definition) is 0. The van der Waals surface area contributed by atoms with Gasteiger partial charge in [-0.15, -0.1) is 0 Å². The highest BCUT2D eigenvalue weighted by molar-refractivity contribution is 6.12. The van der Waals surface area contributed by atoms with Crippen LogP contribution in [0, 0.1) is 0 Å². The van der Waals surface area contributed by atoms with Gasteiger partial charge in [-0.3, -0.25) is 0 Å². The lowest BCUT2D eigenvalue weighted by atomic mass is 9.77. The lowest BCUT2D eigenvalue weighted by molar-refractivity contribution is -0.137. The van der Waals surface area contributed by atoms with Crippen molar-refractivity contribution < 1.29 is 13.2 Å². The number of halogens is 3. The van der Waals surface area contributed by atoms with E-state index in [2.05, 4.69) is 211 Å².